The molecular formula is C18H35IN4O3. The summed E-state index contributed by atoms with van der Waals surface area (Å²) in [4.78, 5) is 18.7. The molecule has 0 radical (unpaired) electrons. The van der Waals surface area contributed by atoms with Gasteiger partial charge in [0.2, 0.25) is 0 Å². The zero-order valence-corrected chi connectivity index (χ0v) is 18.3. The molecule has 0 atom stereocenters. The molecule has 152 valence electrons. The van der Waals surface area contributed by atoms with Crippen molar-refractivity contribution in [2.75, 3.05) is 52.5 Å². The van der Waals surface area contributed by atoms with Gasteiger partial charge in [-0.3, -0.25) is 14.7 Å². The summed E-state index contributed by atoms with van der Waals surface area (Å²) in [5, 5.41) is 6.60. The van der Waals surface area contributed by atoms with Gasteiger partial charge in [-0.05, 0) is 39.0 Å². The molecule has 0 aromatic carbocycles. The number of morpholine rings is 1. The van der Waals surface area contributed by atoms with Gasteiger partial charge in [-0.15, -0.1) is 24.0 Å². The molecule has 0 aromatic rings. The van der Waals surface area contributed by atoms with Crippen LogP contribution in [0.2, 0.25) is 0 Å². The SMILES string of the molecule is CCNC(=NCCCC(=O)OC1CCCC1)NCCN1CCOCC1.I. The van der Waals surface area contributed by atoms with Crippen molar-refractivity contribution in [1.29, 1.82) is 0 Å². The number of halogens is 1. The van der Waals surface area contributed by atoms with Crippen LogP contribution in [0.4, 0.5) is 0 Å². The van der Waals surface area contributed by atoms with E-state index in [-0.39, 0.29) is 36.0 Å². The van der Waals surface area contributed by atoms with Gasteiger partial charge in [-0.25, -0.2) is 0 Å². The Hall–Kier alpha value is -0.610. The minimum Gasteiger partial charge on any atom is -0.462 e. The number of nitrogens with one attached hydrogen (secondary N) is 2. The van der Waals surface area contributed by atoms with E-state index in [1.807, 2.05) is 0 Å². The highest BCUT2D eigenvalue weighted by Crippen LogP contribution is 2.21. The number of hydrogen-bond donors (Lipinski definition) is 2. The first kappa shape index (κ1) is 23.4. The van der Waals surface area contributed by atoms with Gasteiger partial charge in [0.15, 0.2) is 5.96 Å². The molecule has 0 aromatic heterocycles. The highest BCUT2D eigenvalue weighted by Gasteiger charge is 2.18. The second kappa shape index (κ2) is 14.4. The van der Waals surface area contributed by atoms with E-state index in [1.54, 1.807) is 0 Å². The average Bonchev–Trinajstić information content (AvgIpc) is 3.12. The molecule has 1 saturated heterocycles. The molecule has 2 N–H and O–H groups in total. The van der Waals surface area contributed by atoms with Gasteiger partial charge >= 0.3 is 5.97 Å². The normalized spacial score (nSPS) is 19.0. The predicted molar refractivity (Wildman–Crippen MR) is 114 cm³/mol. The van der Waals surface area contributed by atoms with Crippen LogP contribution >= 0.6 is 24.0 Å². The van der Waals surface area contributed by atoms with E-state index in [0.29, 0.717) is 13.0 Å². The third-order valence-corrected chi connectivity index (χ3v) is 4.58. The quantitative estimate of drug-likeness (QED) is 0.172. The van der Waals surface area contributed by atoms with Gasteiger partial charge in [-0.2, -0.15) is 0 Å². The number of nitrogens with zero attached hydrogens (tertiary/aromatic N) is 2. The largest absolute Gasteiger partial charge is 0.462 e. The van der Waals surface area contributed by atoms with Gasteiger partial charge in [0.05, 0.1) is 13.2 Å². The Kier molecular flexibility index (Phi) is 13.0. The first-order valence-electron chi connectivity index (χ1n) is 9.79. The second-order valence-electron chi connectivity index (χ2n) is 6.64. The molecule has 8 heteroatoms. The number of guanidine groups is 1. The van der Waals surface area contributed by atoms with Crippen LogP contribution in [0.15, 0.2) is 4.99 Å². The Balaban J connectivity index is 0.00000338. The Labute approximate surface area is 174 Å². The first-order chi connectivity index (χ1) is 12.3. The third kappa shape index (κ3) is 9.91. The van der Waals surface area contributed by atoms with Crippen LogP contribution in [-0.4, -0.2) is 75.4 Å². The van der Waals surface area contributed by atoms with Crippen LogP contribution in [0.5, 0.6) is 0 Å². The second-order valence-corrected chi connectivity index (χ2v) is 6.64. The lowest BCUT2D eigenvalue weighted by atomic mass is 10.3. The third-order valence-electron chi connectivity index (χ3n) is 4.58. The van der Waals surface area contributed by atoms with Crippen LogP contribution in [0.1, 0.15) is 45.4 Å². The summed E-state index contributed by atoms with van der Waals surface area (Å²) < 4.78 is 10.8. The maximum atomic E-state index is 11.8. The minimum absolute atomic E-state index is 0. The summed E-state index contributed by atoms with van der Waals surface area (Å²) in [7, 11) is 0. The van der Waals surface area contributed by atoms with Crippen molar-refractivity contribution in [3.05, 3.63) is 0 Å². The van der Waals surface area contributed by atoms with Crippen LogP contribution < -0.4 is 10.6 Å². The average molecular weight is 482 g/mol. The van der Waals surface area contributed by atoms with E-state index in [4.69, 9.17) is 9.47 Å². The van der Waals surface area contributed by atoms with E-state index >= 15 is 0 Å². The molecular weight excluding hydrogens is 447 g/mol. The minimum atomic E-state index is -0.0765. The molecule has 0 amide bonds. The monoisotopic (exact) mass is 482 g/mol. The number of carbonyl (C=O) groups excluding carboxylic acids is 1. The molecule has 7 nitrogen and oxygen atoms in total. The summed E-state index contributed by atoms with van der Waals surface area (Å²) in [5.74, 6) is 0.743. The maximum absolute atomic E-state index is 11.8. The Morgan fingerprint density at radius 3 is 2.65 bits per heavy atom. The smallest absolute Gasteiger partial charge is 0.306 e. The summed E-state index contributed by atoms with van der Waals surface area (Å²) in [5.41, 5.74) is 0. The van der Waals surface area contributed by atoms with E-state index in [1.165, 1.54) is 12.8 Å². The fraction of sp³-hybridized carbons (Fsp3) is 0.889. The summed E-state index contributed by atoms with van der Waals surface area (Å²) >= 11 is 0. The molecule has 1 saturated carbocycles. The lowest BCUT2D eigenvalue weighted by molar-refractivity contribution is -0.148. The van der Waals surface area contributed by atoms with E-state index in [0.717, 1.165) is 71.2 Å². The molecule has 1 heterocycles. The highest BCUT2D eigenvalue weighted by molar-refractivity contribution is 14.0. The molecule has 2 fully saturated rings. The van der Waals surface area contributed by atoms with Crippen molar-refractivity contribution in [3.8, 4) is 0 Å². The van der Waals surface area contributed by atoms with E-state index in [9.17, 15) is 4.79 Å². The lowest BCUT2D eigenvalue weighted by Gasteiger charge is -2.26. The fourth-order valence-corrected chi connectivity index (χ4v) is 3.16. The maximum Gasteiger partial charge on any atom is 0.306 e. The number of hydrogen-bond acceptors (Lipinski definition) is 5. The molecule has 0 bridgehead atoms. The molecule has 0 unspecified atom stereocenters. The Morgan fingerprint density at radius 2 is 1.96 bits per heavy atom. The zero-order valence-electron chi connectivity index (χ0n) is 16.0. The van der Waals surface area contributed by atoms with Gasteiger partial charge in [0.25, 0.3) is 0 Å². The first-order valence-corrected chi connectivity index (χ1v) is 9.79. The van der Waals surface area contributed by atoms with Gasteiger partial charge in [-0.1, -0.05) is 0 Å². The van der Waals surface area contributed by atoms with Gasteiger partial charge < -0.3 is 20.1 Å². The van der Waals surface area contributed by atoms with Crippen molar-refractivity contribution in [2.45, 2.75) is 51.6 Å². The van der Waals surface area contributed by atoms with Crippen LogP contribution in [0, 0.1) is 0 Å². The topological polar surface area (TPSA) is 75.2 Å². The van der Waals surface area contributed by atoms with Crippen LogP contribution in [0.3, 0.4) is 0 Å². The highest BCUT2D eigenvalue weighted by atomic mass is 127. The number of aliphatic imine (C=N–C) groups is 1. The summed E-state index contributed by atoms with van der Waals surface area (Å²) in [6.07, 6.45) is 5.77. The predicted octanol–water partition coefficient (Wildman–Crippen LogP) is 1.76. The number of ether oxygens (including phenoxy) is 2. The zero-order chi connectivity index (χ0) is 17.7. The fourth-order valence-electron chi connectivity index (χ4n) is 3.16. The number of esters is 1. The van der Waals surface area contributed by atoms with Crippen molar-refractivity contribution in [3.63, 3.8) is 0 Å². The molecule has 1 aliphatic carbocycles. The Morgan fingerprint density at radius 1 is 1.23 bits per heavy atom. The van der Waals surface area contributed by atoms with Crippen molar-refractivity contribution in [2.24, 2.45) is 4.99 Å². The van der Waals surface area contributed by atoms with E-state index < -0.39 is 0 Å². The van der Waals surface area contributed by atoms with Crippen molar-refractivity contribution in [1.82, 2.24) is 15.5 Å². The standard InChI is InChI=1S/C18H34N4O3.HI/c1-2-19-18(21-10-11-22-12-14-24-15-13-22)20-9-5-8-17(23)25-16-6-3-4-7-16;/h16H,2-15H2,1H3,(H2,19,20,21);1H. The molecule has 0 spiro atoms. The Bertz CT molecular complexity index is 411. The summed E-state index contributed by atoms with van der Waals surface area (Å²) in [6.45, 7) is 9.00. The van der Waals surface area contributed by atoms with Crippen LogP contribution in [-0.2, 0) is 14.3 Å². The van der Waals surface area contributed by atoms with Gasteiger partial charge in [0, 0.05) is 45.7 Å². The van der Waals surface area contributed by atoms with Gasteiger partial charge in [0.1, 0.15) is 6.10 Å². The van der Waals surface area contributed by atoms with E-state index in [2.05, 4.69) is 27.4 Å². The lowest BCUT2D eigenvalue weighted by Crippen LogP contribution is -2.44. The molecule has 2 rings (SSSR count). The van der Waals surface area contributed by atoms with Crippen molar-refractivity contribution < 1.29 is 14.3 Å². The van der Waals surface area contributed by atoms with Crippen molar-refractivity contribution >= 4 is 35.9 Å². The number of rotatable bonds is 9. The molecule has 26 heavy (non-hydrogen) atoms. The molecule has 2 aliphatic rings. The molecule has 1 aliphatic heterocycles. The van der Waals surface area contributed by atoms with Crippen LogP contribution in [0.25, 0.3) is 0 Å². The number of carbonyl (C=O) groups is 1. The summed E-state index contributed by atoms with van der Waals surface area (Å²) in [6, 6.07) is 0.